The molecule has 2 aliphatic rings. The zero-order chi connectivity index (χ0) is 25.6. The van der Waals surface area contributed by atoms with Crippen molar-refractivity contribution < 1.29 is 33.4 Å². The number of methoxy groups -OCH3 is 2. The number of imide groups is 1. The van der Waals surface area contributed by atoms with Crippen LogP contribution in [-0.2, 0) is 24.7 Å². The van der Waals surface area contributed by atoms with Crippen molar-refractivity contribution in [2.24, 2.45) is 11.8 Å². The summed E-state index contributed by atoms with van der Waals surface area (Å²) in [7, 11) is 2.59. The standard InChI is InChI=1S/C27H23FN2O6/c1-35-20-14-15(12-13-19(20)31)23-21-22(25(33)30(24(21)32)18-11-7-6-10-17(18)28)27(29-23,26(34)36-2)16-8-4-3-5-9-16/h3-14,21-23,29,31H,1-2H3/t21-,22-,23+,27+/m0/s1. The van der Waals surface area contributed by atoms with Gasteiger partial charge in [0.25, 0.3) is 0 Å². The Balaban J connectivity index is 1.75. The SMILES string of the molecule is COC(=O)[C@]1(c2ccccc2)N[C@H](c2ccc(O)c(OC)c2)[C@H]2C(=O)N(c3ccccc3F)C(=O)[C@H]21. The highest BCUT2D eigenvalue weighted by molar-refractivity contribution is 6.24. The number of carbonyl (C=O) groups is 3. The Labute approximate surface area is 206 Å². The number of phenolic OH excluding ortho intramolecular Hbond substituents is 1. The minimum Gasteiger partial charge on any atom is -0.504 e. The van der Waals surface area contributed by atoms with Crippen LogP contribution in [0.4, 0.5) is 10.1 Å². The first-order valence-corrected chi connectivity index (χ1v) is 11.3. The Bertz CT molecular complexity index is 1360. The van der Waals surface area contributed by atoms with E-state index in [1.807, 2.05) is 0 Å². The van der Waals surface area contributed by atoms with E-state index in [1.54, 1.807) is 36.4 Å². The van der Waals surface area contributed by atoms with Crippen molar-refractivity contribution in [1.82, 2.24) is 5.32 Å². The van der Waals surface area contributed by atoms with Crippen LogP contribution < -0.4 is 15.0 Å². The molecule has 2 heterocycles. The molecule has 9 heteroatoms. The molecule has 2 amide bonds. The Morgan fingerprint density at radius 1 is 1.00 bits per heavy atom. The van der Waals surface area contributed by atoms with Crippen molar-refractivity contribution in [3.63, 3.8) is 0 Å². The summed E-state index contributed by atoms with van der Waals surface area (Å²) in [5.41, 5.74) is -0.992. The Kier molecular flexibility index (Phi) is 5.72. The van der Waals surface area contributed by atoms with Crippen LogP contribution in [0.5, 0.6) is 11.5 Å². The maximum Gasteiger partial charge on any atom is 0.331 e. The summed E-state index contributed by atoms with van der Waals surface area (Å²) in [6.45, 7) is 0. The van der Waals surface area contributed by atoms with Crippen LogP contribution in [0.15, 0.2) is 72.8 Å². The third-order valence-electron chi connectivity index (χ3n) is 6.95. The molecule has 0 bridgehead atoms. The van der Waals surface area contributed by atoms with Gasteiger partial charge < -0.3 is 14.6 Å². The molecule has 0 unspecified atom stereocenters. The van der Waals surface area contributed by atoms with E-state index in [-0.39, 0.29) is 17.2 Å². The molecule has 0 saturated carbocycles. The number of carbonyl (C=O) groups excluding carboxylic acids is 3. The fourth-order valence-corrected chi connectivity index (χ4v) is 5.38. The highest BCUT2D eigenvalue weighted by Crippen LogP contribution is 2.54. The molecule has 3 aromatic carbocycles. The average Bonchev–Trinajstić information content (AvgIpc) is 3.39. The van der Waals surface area contributed by atoms with E-state index >= 15 is 0 Å². The highest BCUT2D eigenvalue weighted by Gasteiger charge is 2.70. The molecule has 2 fully saturated rings. The second-order valence-corrected chi connectivity index (χ2v) is 8.69. The van der Waals surface area contributed by atoms with Crippen molar-refractivity contribution in [2.75, 3.05) is 19.1 Å². The van der Waals surface area contributed by atoms with Gasteiger partial charge >= 0.3 is 5.97 Å². The number of ether oxygens (including phenoxy) is 2. The Morgan fingerprint density at radius 2 is 1.69 bits per heavy atom. The summed E-state index contributed by atoms with van der Waals surface area (Å²) in [5.74, 6) is -5.13. The van der Waals surface area contributed by atoms with Crippen LogP contribution in [-0.4, -0.2) is 37.1 Å². The number of hydrogen-bond donors (Lipinski definition) is 2. The number of nitrogens with zero attached hydrogens (tertiary/aromatic N) is 1. The zero-order valence-electron chi connectivity index (χ0n) is 19.5. The molecule has 0 aliphatic carbocycles. The number of anilines is 1. The van der Waals surface area contributed by atoms with Crippen LogP contribution in [0.25, 0.3) is 0 Å². The quantitative estimate of drug-likeness (QED) is 0.418. The molecule has 5 rings (SSSR count). The van der Waals surface area contributed by atoms with Gasteiger partial charge in [-0.2, -0.15) is 0 Å². The number of benzene rings is 3. The lowest BCUT2D eigenvalue weighted by Crippen LogP contribution is -2.53. The molecule has 2 aliphatic heterocycles. The van der Waals surface area contributed by atoms with Crippen molar-refractivity contribution in [3.8, 4) is 11.5 Å². The van der Waals surface area contributed by atoms with Gasteiger partial charge in [0.2, 0.25) is 11.8 Å². The second-order valence-electron chi connectivity index (χ2n) is 8.69. The van der Waals surface area contributed by atoms with E-state index in [0.29, 0.717) is 11.1 Å². The fraction of sp³-hybridized carbons (Fsp3) is 0.222. The number of fused-ring (bicyclic) bond motifs is 1. The van der Waals surface area contributed by atoms with Crippen LogP contribution >= 0.6 is 0 Å². The summed E-state index contributed by atoms with van der Waals surface area (Å²) in [5, 5.41) is 13.3. The highest BCUT2D eigenvalue weighted by atomic mass is 19.1. The van der Waals surface area contributed by atoms with Crippen LogP contribution in [0, 0.1) is 17.7 Å². The van der Waals surface area contributed by atoms with Gasteiger partial charge in [-0.3, -0.25) is 14.9 Å². The zero-order valence-corrected chi connectivity index (χ0v) is 19.5. The fourth-order valence-electron chi connectivity index (χ4n) is 5.38. The molecule has 8 nitrogen and oxygen atoms in total. The maximum absolute atomic E-state index is 14.8. The second kappa shape index (κ2) is 8.76. The smallest absolute Gasteiger partial charge is 0.331 e. The lowest BCUT2D eigenvalue weighted by atomic mass is 9.75. The summed E-state index contributed by atoms with van der Waals surface area (Å²) in [6, 6.07) is 17.7. The van der Waals surface area contributed by atoms with E-state index in [4.69, 9.17) is 9.47 Å². The van der Waals surface area contributed by atoms with Crippen molar-refractivity contribution in [1.29, 1.82) is 0 Å². The van der Waals surface area contributed by atoms with E-state index < -0.39 is 47.0 Å². The molecule has 0 spiro atoms. The van der Waals surface area contributed by atoms with Gasteiger partial charge in [0, 0.05) is 6.04 Å². The molecular formula is C27H23FN2O6. The predicted molar refractivity (Wildman–Crippen MR) is 127 cm³/mol. The monoisotopic (exact) mass is 490 g/mol. The number of para-hydroxylation sites is 1. The number of amides is 2. The number of aromatic hydroxyl groups is 1. The van der Waals surface area contributed by atoms with Crippen LogP contribution in [0.3, 0.4) is 0 Å². The van der Waals surface area contributed by atoms with E-state index in [0.717, 1.165) is 11.0 Å². The molecular weight excluding hydrogens is 467 g/mol. The van der Waals surface area contributed by atoms with Crippen molar-refractivity contribution in [2.45, 2.75) is 11.6 Å². The van der Waals surface area contributed by atoms with Crippen molar-refractivity contribution in [3.05, 3.63) is 89.7 Å². The summed E-state index contributed by atoms with van der Waals surface area (Å²) in [4.78, 5) is 42.1. The molecule has 36 heavy (non-hydrogen) atoms. The maximum atomic E-state index is 14.8. The first-order chi connectivity index (χ1) is 17.3. The summed E-state index contributed by atoms with van der Waals surface area (Å²) < 4.78 is 25.2. The van der Waals surface area contributed by atoms with Gasteiger partial charge in [0.15, 0.2) is 17.0 Å². The first-order valence-electron chi connectivity index (χ1n) is 11.3. The molecule has 2 saturated heterocycles. The largest absolute Gasteiger partial charge is 0.504 e. The number of nitrogens with one attached hydrogen (secondary N) is 1. The molecule has 0 aromatic heterocycles. The number of halogens is 1. The number of rotatable bonds is 5. The van der Waals surface area contributed by atoms with Gasteiger partial charge in [-0.15, -0.1) is 0 Å². The van der Waals surface area contributed by atoms with Crippen molar-refractivity contribution >= 4 is 23.5 Å². The molecule has 184 valence electrons. The number of phenols is 1. The molecule has 3 aromatic rings. The Morgan fingerprint density at radius 3 is 2.36 bits per heavy atom. The van der Waals surface area contributed by atoms with Gasteiger partial charge in [0.05, 0.1) is 31.7 Å². The minimum absolute atomic E-state index is 0.111. The molecule has 4 atom stereocenters. The van der Waals surface area contributed by atoms with Gasteiger partial charge in [-0.05, 0) is 35.4 Å². The summed E-state index contributed by atoms with van der Waals surface area (Å²) >= 11 is 0. The number of hydrogen-bond acceptors (Lipinski definition) is 7. The predicted octanol–water partition coefficient (Wildman–Crippen LogP) is 3.06. The third kappa shape index (κ3) is 3.27. The van der Waals surface area contributed by atoms with Gasteiger partial charge in [0.1, 0.15) is 5.82 Å². The minimum atomic E-state index is -1.73. The first kappa shape index (κ1) is 23.5. The van der Waals surface area contributed by atoms with E-state index in [1.165, 1.54) is 44.6 Å². The lowest BCUT2D eigenvalue weighted by molar-refractivity contribution is -0.152. The summed E-state index contributed by atoms with van der Waals surface area (Å²) in [6.07, 6.45) is 0. The molecule has 2 N–H and O–H groups in total. The van der Waals surface area contributed by atoms with E-state index in [2.05, 4.69) is 5.32 Å². The topological polar surface area (TPSA) is 105 Å². The van der Waals surface area contributed by atoms with E-state index in [9.17, 15) is 23.9 Å². The Hall–Kier alpha value is -4.24. The van der Waals surface area contributed by atoms with Crippen LogP contribution in [0.2, 0.25) is 0 Å². The van der Waals surface area contributed by atoms with Gasteiger partial charge in [-0.1, -0.05) is 48.5 Å². The normalized spacial score (nSPS) is 25.1. The lowest BCUT2D eigenvalue weighted by Gasteiger charge is -2.33. The molecule has 0 radical (unpaired) electrons. The van der Waals surface area contributed by atoms with Crippen LogP contribution in [0.1, 0.15) is 17.2 Å². The average molecular weight is 490 g/mol. The van der Waals surface area contributed by atoms with Gasteiger partial charge in [-0.25, -0.2) is 14.1 Å². The third-order valence-corrected chi connectivity index (χ3v) is 6.95. The number of esters is 1.